The fourth-order valence-electron chi connectivity index (χ4n) is 2.02. The van der Waals surface area contributed by atoms with Crippen molar-refractivity contribution >= 4 is 0 Å². The van der Waals surface area contributed by atoms with Gasteiger partial charge in [-0.3, -0.25) is 0 Å². The van der Waals surface area contributed by atoms with E-state index in [4.69, 9.17) is 5.73 Å². The molecule has 0 aliphatic heterocycles. The fraction of sp³-hybridized carbons (Fsp3) is 0.200. The molecule has 3 heteroatoms. The second-order valence-corrected chi connectivity index (χ2v) is 4.48. The third-order valence-electron chi connectivity index (χ3n) is 3.09. The van der Waals surface area contributed by atoms with Crippen LogP contribution in [0.2, 0.25) is 0 Å². The average molecular weight is 247 g/mol. The van der Waals surface area contributed by atoms with E-state index in [2.05, 4.69) is 0 Å². The van der Waals surface area contributed by atoms with Crippen molar-refractivity contribution in [2.24, 2.45) is 5.73 Å². The molecule has 0 spiro atoms. The zero-order chi connectivity index (χ0) is 13.3. The van der Waals surface area contributed by atoms with Crippen molar-refractivity contribution in [1.82, 2.24) is 0 Å². The maximum Gasteiger partial charge on any atom is 0.163 e. The SMILES string of the molecule is Cc1ccc(C)c(C(N)c2cccc(F)c2F)c1. The van der Waals surface area contributed by atoms with Gasteiger partial charge in [-0.15, -0.1) is 0 Å². The van der Waals surface area contributed by atoms with Crippen LogP contribution in [-0.2, 0) is 0 Å². The molecule has 0 saturated heterocycles. The van der Waals surface area contributed by atoms with Gasteiger partial charge in [-0.1, -0.05) is 35.9 Å². The van der Waals surface area contributed by atoms with Gasteiger partial charge in [0.25, 0.3) is 0 Å². The lowest BCUT2D eigenvalue weighted by Gasteiger charge is -2.16. The second-order valence-electron chi connectivity index (χ2n) is 4.48. The highest BCUT2D eigenvalue weighted by molar-refractivity contribution is 5.39. The molecule has 18 heavy (non-hydrogen) atoms. The molecule has 2 aromatic rings. The number of nitrogens with two attached hydrogens (primary N) is 1. The van der Waals surface area contributed by atoms with E-state index in [0.717, 1.165) is 22.8 Å². The molecule has 0 aliphatic rings. The Balaban J connectivity index is 2.51. The molecule has 0 saturated carbocycles. The van der Waals surface area contributed by atoms with Crippen molar-refractivity contribution in [1.29, 1.82) is 0 Å². The smallest absolute Gasteiger partial charge is 0.163 e. The van der Waals surface area contributed by atoms with E-state index >= 15 is 0 Å². The van der Waals surface area contributed by atoms with Crippen LogP contribution >= 0.6 is 0 Å². The fourth-order valence-corrected chi connectivity index (χ4v) is 2.02. The molecule has 0 bridgehead atoms. The van der Waals surface area contributed by atoms with Crippen molar-refractivity contribution in [2.75, 3.05) is 0 Å². The molecule has 2 aromatic carbocycles. The molecular formula is C15H15F2N. The monoisotopic (exact) mass is 247 g/mol. The Morgan fingerprint density at radius 2 is 1.72 bits per heavy atom. The number of aryl methyl sites for hydroxylation is 2. The Kier molecular flexibility index (Phi) is 3.43. The van der Waals surface area contributed by atoms with Crippen LogP contribution in [0, 0.1) is 25.5 Å². The standard InChI is InChI=1S/C15H15F2N/c1-9-6-7-10(2)12(8-9)15(18)11-4-3-5-13(16)14(11)17/h3-8,15H,18H2,1-2H3. The molecule has 0 radical (unpaired) electrons. The van der Waals surface area contributed by atoms with Crippen LogP contribution in [0.15, 0.2) is 36.4 Å². The lowest BCUT2D eigenvalue weighted by Crippen LogP contribution is -2.15. The van der Waals surface area contributed by atoms with E-state index in [1.165, 1.54) is 12.1 Å². The molecule has 2 rings (SSSR count). The summed E-state index contributed by atoms with van der Waals surface area (Å²) in [6.07, 6.45) is 0. The van der Waals surface area contributed by atoms with E-state index < -0.39 is 17.7 Å². The summed E-state index contributed by atoms with van der Waals surface area (Å²) in [5, 5.41) is 0. The average Bonchev–Trinajstić information content (AvgIpc) is 2.35. The summed E-state index contributed by atoms with van der Waals surface area (Å²) < 4.78 is 26.9. The minimum absolute atomic E-state index is 0.184. The molecule has 1 nitrogen and oxygen atoms in total. The van der Waals surface area contributed by atoms with E-state index in [0.29, 0.717) is 0 Å². The summed E-state index contributed by atoms with van der Waals surface area (Å²) >= 11 is 0. The zero-order valence-electron chi connectivity index (χ0n) is 10.4. The highest BCUT2D eigenvalue weighted by Crippen LogP contribution is 2.26. The lowest BCUT2D eigenvalue weighted by molar-refractivity contribution is 0.494. The normalized spacial score (nSPS) is 12.5. The summed E-state index contributed by atoms with van der Waals surface area (Å²) in [5.74, 6) is -1.74. The van der Waals surface area contributed by atoms with Crippen molar-refractivity contribution in [3.05, 3.63) is 70.3 Å². The van der Waals surface area contributed by atoms with Crippen molar-refractivity contribution < 1.29 is 8.78 Å². The van der Waals surface area contributed by atoms with Crippen LogP contribution in [0.3, 0.4) is 0 Å². The minimum Gasteiger partial charge on any atom is -0.320 e. The first kappa shape index (κ1) is 12.7. The number of hydrogen-bond donors (Lipinski definition) is 1. The zero-order valence-corrected chi connectivity index (χ0v) is 10.4. The van der Waals surface area contributed by atoms with Crippen molar-refractivity contribution in [3.63, 3.8) is 0 Å². The lowest BCUT2D eigenvalue weighted by atomic mass is 9.94. The number of halogens is 2. The first-order valence-corrected chi connectivity index (χ1v) is 5.77. The minimum atomic E-state index is -0.870. The van der Waals surface area contributed by atoms with Gasteiger partial charge in [-0.2, -0.15) is 0 Å². The van der Waals surface area contributed by atoms with Gasteiger partial charge in [0.2, 0.25) is 0 Å². The highest BCUT2D eigenvalue weighted by atomic mass is 19.2. The van der Waals surface area contributed by atoms with Crippen LogP contribution in [0.1, 0.15) is 28.3 Å². The Bertz CT molecular complexity index is 577. The molecule has 0 amide bonds. The van der Waals surface area contributed by atoms with E-state index in [1.807, 2.05) is 32.0 Å². The van der Waals surface area contributed by atoms with Crippen LogP contribution in [0.5, 0.6) is 0 Å². The van der Waals surface area contributed by atoms with Gasteiger partial charge in [0, 0.05) is 5.56 Å². The van der Waals surface area contributed by atoms with Gasteiger partial charge in [0.15, 0.2) is 11.6 Å². The third-order valence-corrected chi connectivity index (χ3v) is 3.09. The first-order chi connectivity index (χ1) is 8.50. The summed E-state index contributed by atoms with van der Waals surface area (Å²) in [6.45, 7) is 3.85. The summed E-state index contributed by atoms with van der Waals surface area (Å²) in [7, 11) is 0. The number of rotatable bonds is 2. The van der Waals surface area contributed by atoms with Crippen LogP contribution in [0.25, 0.3) is 0 Å². The van der Waals surface area contributed by atoms with Crippen molar-refractivity contribution in [3.8, 4) is 0 Å². The van der Waals surface area contributed by atoms with E-state index in [9.17, 15) is 8.78 Å². The third kappa shape index (κ3) is 2.27. The summed E-state index contributed by atoms with van der Waals surface area (Å²) in [6, 6.07) is 9.23. The highest BCUT2D eigenvalue weighted by Gasteiger charge is 2.17. The Morgan fingerprint density at radius 3 is 2.44 bits per heavy atom. The molecule has 0 fully saturated rings. The predicted octanol–water partition coefficient (Wildman–Crippen LogP) is 3.63. The summed E-state index contributed by atoms with van der Waals surface area (Å²) in [4.78, 5) is 0. The maximum atomic E-state index is 13.7. The Labute approximate surface area is 105 Å². The number of hydrogen-bond acceptors (Lipinski definition) is 1. The predicted molar refractivity (Wildman–Crippen MR) is 68.3 cm³/mol. The van der Waals surface area contributed by atoms with E-state index in [1.54, 1.807) is 0 Å². The van der Waals surface area contributed by atoms with E-state index in [-0.39, 0.29) is 5.56 Å². The number of benzene rings is 2. The quantitative estimate of drug-likeness (QED) is 0.861. The van der Waals surface area contributed by atoms with Crippen LogP contribution in [-0.4, -0.2) is 0 Å². The van der Waals surface area contributed by atoms with Gasteiger partial charge < -0.3 is 5.73 Å². The molecule has 0 heterocycles. The topological polar surface area (TPSA) is 26.0 Å². The van der Waals surface area contributed by atoms with Gasteiger partial charge in [-0.25, -0.2) is 8.78 Å². The Morgan fingerprint density at radius 1 is 1.00 bits per heavy atom. The molecule has 1 unspecified atom stereocenters. The first-order valence-electron chi connectivity index (χ1n) is 5.77. The molecular weight excluding hydrogens is 232 g/mol. The molecule has 94 valence electrons. The van der Waals surface area contributed by atoms with Crippen molar-refractivity contribution in [2.45, 2.75) is 19.9 Å². The summed E-state index contributed by atoms with van der Waals surface area (Å²) in [5.41, 5.74) is 9.07. The molecule has 1 atom stereocenters. The van der Waals surface area contributed by atoms with Gasteiger partial charge in [0.05, 0.1) is 6.04 Å². The maximum absolute atomic E-state index is 13.7. The second kappa shape index (κ2) is 4.86. The van der Waals surface area contributed by atoms with Gasteiger partial charge in [-0.05, 0) is 31.0 Å². The van der Waals surface area contributed by atoms with Crippen LogP contribution in [0.4, 0.5) is 8.78 Å². The molecule has 0 aliphatic carbocycles. The van der Waals surface area contributed by atoms with Crippen LogP contribution < -0.4 is 5.73 Å². The Hall–Kier alpha value is -1.74. The largest absolute Gasteiger partial charge is 0.320 e. The van der Waals surface area contributed by atoms with Gasteiger partial charge >= 0.3 is 0 Å². The van der Waals surface area contributed by atoms with Gasteiger partial charge in [0.1, 0.15) is 0 Å². The molecule has 0 aromatic heterocycles. The molecule has 2 N–H and O–H groups in total.